The second-order valence-electron chi connectivity index (χ2n) is 7.21. The first-order valence-corrected chi connectivity index (χ1v) is 11.0. The number of nitrogens with one attached hydrogen (secondary N) is 2. The molecule has 162 valence electrons. The van der Waals surface area contributed by atoms with Crippen LogP contribution in [0.5, 0.6) is 5.75 Å². The number of hydrogen-bond donors (Lipinski definition) is 2. The maximum atomic E-state index is 12.8. The molecule has 0 aliphatic heterocycles. The van der Waals surface area contributed by atoms with E-state index in [9.17, 15) is 4.79 Å². The van der Waals surface area contributed by atoms with Crippen molar-refractivity contribution in [1.82, 2.24) is 0 Å². The highest BCUT2D eigenvalue weighted by atomic mass is 32.2. The maximum absolute atomic E-state index is 12.8. The van der Waals surface area contributed by atoms with Crippen LogP contribution in [-0.2, 0) is 4.18 Å². The summed E-state index contributed by atoms with van der Waals surface area (Å²) >= 11 is 0.869. The van der Waals surface area contributed by atoms with E-state index in [4.69, 9.17) is 8.37 Å². The van der Waals surface area contributed by atoms with Gasteiger partial charge in [0.15, 0.2) is 0 Å². The van der Waals surface area contributed by atoms with Gasteiger partial charge in [0.05, 0.1) is 7.11 Å². The van der Waals surface area contributed by atoms with Crippen LogP contribution in [0.2, 0.25) is 0 Å². The monoisotopic (exact) mass is 436 g/mol. The summed E-state index contributed by atoms with van der Waals surface area (Å²) in [6, 6.07) is 21.3. The van der Waals surface area contributed by atoms with Gasteiger partial charge < -0.3 is 14.8 Å². The van der Waals surface area contributed by atoms with Gasteiger partial charge in [0.1, 0.15) is 5.75 Å². The molecule has 0 saturated heterocycles. The van der Waals surface area contributed by atoms with E-state index in [0.717, 1.165) is 54.2 Å². The molecule has 0 fully saturated rings. The summed E-state index contributed by atoms with van der Waals surface area (Å²) in [6.07, 6.45) is 2.28. The van der Waals surface area contributed by atoms with Crippen LogP contribution in [0.15, 0.2) is 66.7 Å². The predicted molar refractivity (Wildman–Crippen MR) is 130 cm³/mol. The van der Waals surface area contributed by atoms with E-state index < -0.39 is 0 Å². The average molecular weight is 437 g/mol. The van der Waals surface area contributed by atoms with Crippen LogP contribution in [0.1, 0.15) is 35.7 Å². The molecule has 0 atom stereocenters. The van der Waals surface area contributed by atoms with Crippen molar-refractivity contribution in [2.45, 2.75) is 26.7 Å². The van der Waals surface area contributed by atoms with Crippen molar-refractivity contribution in [3.63, 3.8) is 0 Å². The second kappa shape index (κ2) is 11.4. The highest BCUT2D eigenvalue weighted by Crippen LogP contribution is 2.33. The summed E-state index contributed by atoms with van der Waals surface area (Å²) < 4.78 is 10.7. The number of benzene rings is 3. The third kappa shape index (κ3) is 6.51. The molecule has 5 nitrogen and oxygen atoms in total. The Morgan fingerprint density at radius 3 is 2.35 bits per heavy atom. The van der Waals surface area contributed by atoms with Crippen molar-refractivity contribution in [3.8, 4) is 16.9 Å². The van der Waals surface area contributed by atoms with Gasteiger partial charge in [-0.15, -0.1) is 0 Å². The van der Waals surface area contributed by atoms with Gasteiger partial charge in [-0.05, 0) is 61.4 Å². The first kappa shape index (κ1) is 22.7. The standard InChI is InChI=1S/C25H28N2O3S/c1-4-5-16-26-21-11-13-22(14-12-21)27-25(28)20-10-15-23(24(17-20)30-31-29-3)19-8-6-18(2)7-9-19/h6-15,17,26H,4-5,16H2,1-3H3,(H,27,28). The van der Waals surface area contributed by atoms with E-state index in [1.807, 2.05) is 61.5 Å². The third-order valence-corrected chi connectivity index (χ3v) is 5.18. The largest absolute Gasteiger partial charge is 0.400 e. The zero-order chi connectivity index (χ0) is 22.1. The molecule has 0 unspecified atom stereocenters. The number of carbonyl (C=O) groups excluding carboxylic acids is 1. The highest BCUT2D eigenvalue weighted by Gasteiger charge is 2.13. The van der Waals surface area contributed by atoms with Crippen molar-refractivity contribution in [1.29, 1.82) is 0 Å². The third-order valence-electron chi connectivity index (χ3n) is 4.80. The van der Waals surface area contributed by atoms with E-state index in [-0.39, 0.29) is 5.91 Å². The lowest BCUT2D eigenvalue weighted by Crippen LogP contribution is -2.12. The summed E-state index contributed by atoms with van der Waals surface area (Å²) in [5.41, 5.74) is 5.37. The maximum Gasteiger partial charge on any atom is 0.255 e. The molecular formula is C25H28N2O3S. The predicted octanol–water partition coefficient (Wildman–Crippen LogP) is 6.71. The summed E-state index contributed by atoms with van der Waals surface area (Å²) in [6.45, 7) is 5.15. The molecule has 1 amide bonds. The highest BCUT2D eigenvalue weighted by molar-refractivity contribution is 7.90. The summed E-state index contributed by atoms with van der Waals surface area (Å²) in [7, 11) is 1.54. The zero-order valence-corrected chi connectivity index (χ0v) is 18.9. The number of amides is 1. The average Bonchev–Trinajstić information content (AvgIpc) is 2.79. The normalized spacial score (nSPS) is 10.5. The van der Waals surface area contributed by atoms with Gasteiger partial charge in [-0.2, -0.15) is 0 Å². The Kier molecular flexibility index (Phi) is 8.38. The fourth-order valence-corrected chi connectivity index (χ4v) is 3.34. The molecule has 3 aromatic carbocycles. The SMILES string of the molecule is CCCCNc1ccc(NC(=O)c2ccc(-c3ccc(C)cc3)c(OSOC)c2)cc1. The molecule has 0 aromatic heterocycles. The minimum Gasteiger partial charge on any atom is -0.400 e. The number of carbonyl (C=O) groups is 1. The van der Waals surface area contributed by atoms with Crippen LogP contribution in [0.25, 0.3) is 11.1 Å². The summed E-state index contributed by atoms with van der Waals surface area (Å²) in [5, 5.41) is 6.31. The van der Waals surface area contributed by atoms with Gasteiger partial charge in [-0.25, -0.2) is 0 Å². The van der Waals surface area contributed by atoms with Gasteiger partial charge in [0, 0.05) is 29.0 Å². The first-order valence-electron chi connectivity index (χ1n) is 10.3. The van der Waals surface area contributed by atoms with Gasteiger partial charge in [-0.3, -0.25) is 8.98 Å². The molecule has 0 saturated carbocycles. The fraction of sp³-hybridized carbons (Fsp3) is 0.240. The minimum absolute atomic E-state index is 0.200. The molecule has 0 aliphatic rings. The van der Waals surface area contributed by atoms with Gasteiger partial charge in [-0.1, -0.05) is 43.2 Å². The minimum atomic E-state index is -0.200. The Hall–Kier alpha value is -2.96. The quantitative estimate of drug-likeness (QED) is 0.273. The lowest BCUT2D eigenvalue weighted by atomic mass is 10.0. The summed E-state index contributed by atoms with van der Waals surface area (Å²) in [4.78, 5) is 12.8. The van der Waals surface area contributed by atoms with Crippen LogP contribution in [0, 0.1) is 6.92 Å². The van der Waals surface area contributed by atoms with Crippen molar-refractivity contribution in [3.05, 3.63) is 77.9 Å². The van der Waals surface area contributed by atoms with Crippen molar-refractivity contribution < 1.29 is 13.2 Å². The molecule has 3 rings (SSSR count). The second-order valence-corrected chi connectivity index (χ2v) is 7.84. The first-order chi connectivity index (χ1) is 15.1. The van der Waals surface area contributed by atoms with Gasteiger partial charge >= 0.3 is 0 Å². The van der Waals surface area contributed by atoms with E-state index >= 15 is 0 Å². The van der Waals surface area contributed by atoms with Crippen LogP contribution in [0.3, 0.4) is 0 Å². The fourth-order valence-electron chi connectivity index (χ4n) is 3.06. The van der Waals surface area contributed by atoms with Gasteiger partial charge in [0.25, 0.3) is 5.91 Å². The molecule has 6 heteroatoms. The van der Waals surface area contributed by atoms with E-state index in [1.165, 1.54) is 12.7 Å². The van der Waals surface area contributed by atoms with E-state index in [2.05, 4.69) is 17.6 Å². The lowest BCUT2D eigenvalue weighted by Gasteiger charge is -2.12. The number of unbranched alkanes of at least 4 members (excludes halogenated alkanes) is 1. The smallest absolute Gasteiger partial charge is 0.255 e. The molecule has 0 bridgehead atoms. The van der Waals surface area contributed by atoms with Crippen LogP contribution < -0.4 is 14.8 Å². The number of aryl methyl sites for hydroxylation is 1. The zero-order valence-electron chi connectivity index (χ0n) is 18.1. The van der Waals surface area contributed by atoms with Crippen LogP contribution >= 0.6 is 12.3 Å². The van der Waals surface area contributed by atoms with Crippen LogP contribution in [-0.4, -0.2) is 19.6 Å². The lowest BCUT2D eigenvalue weighted by molar-refractivity contribution is 0.102. The summed E-state index contributed by atoms with van der Waals surface area (Å²) in [5.74, 6) is 0.369. The van der Waals surface area contributed by atoms with Crippen molar-refractivity contribution >= 4 is 29.6 Å². The van der Waals surface area contributed by atoms with Crippen molar-refractivity contribution in [2.75, 3.05) is 24.3 Å². The molecule has 0 radical (unpaired) electrons. The Morgan fingerprint density at radius 1 is 0.968 bits per heavy atom. The molecule has 0 aliphatic carbocycles. The molecule has 31 heavy (non-hydrogen) atoms. The molecule has 0 spiro atoms. The van der Waals surface area contributed by atoms with E-state index in [1.54, 1.807) is 12.1 Å². The van der Waals surface area contributed by atoms with E-state index in [0.29, 0.717) is 11.3 Å². The molecular weight excluding hydrogens is 408 g/mol. The number of anilines is 2. The number of hydrogen-bond acceptors (Lipinski definition) is 5. The van der Waals surface area contributed by atoms with Crippen molar-refractivity contribution in [2.24, 2.45) is 0 Å². The number of rotatable bonds is 10. The Morgan fingerprint density at radius 2 is 1.68 bits per heavy atom. The Bertz CT molecular complexity index is 989. The molecule has 3 aromatic rings. The Labute approximate surface area is 188 Å². The Balaban J connectivity index is 1.75. The van der Waals surface area contributed by atoms with Crippen LogP contribution in [0.4, 0.5) is 11.4 Å². The molecule has 2 N–H and O–H groups in total. The van der Waals surface area contributed by atoms with Gasteiger partial charge in [0.2, 0.25) is 12.3 Å². The topological polar surface area (TPSA) is 59.6 Å². The molecule has 0 heterocycles.